The normalized spacial score (nSPS) is 16.1. The summed E-state index contributed by atoms with van der Waals surface area (Å²) >= 11 is 0. The molecule has 1 aromatic heterocycles. The third kappa shape index (κ3) is 4.53. The number of carbonyl (C=O) groups is 1. The van der Waals surface area contributed by atoms with E-state index in [4.69, 9.17) is 5.73 Å². The molecule has 0 radical (unpaired) electrons. The third-order valence-electron chi connectivity index (χ3n) is 2.95. The lowest BCUT2D eigenvalue weighted by Gasteiger charge is -2.36. The average Bonchev–Trinajstić information content (AvgIpc) is 2.39. The summed E-state index contributed by atoms with van der Waals surface area (Å²) in [5.74, 6) is 1.01. The molecule has 19 heavy (non-hydrogen) atoms. The van der Waals surface area contributed by atoms with Gasteiger partial charge in [-0.25, -0.2) is 4.98 Å². The Balaban J connectivity index is 0.00000162. The molecule has 1 aromatic rings. The Morgan fingerprint density at radius 1 is 1.26 bits per heavy atom. The molecule has 0 saturated carbocycles. The number of nitrogens with zero attached hydrogens (tertiary/aromatic N) is 3. The molecule has 1 aliphatic heterocycles. The van der Waals surface area contributed by atoms with Crippen LogP contribution in [0.2, 0.25) is 0 Å². The highest BCUT2D eigenvalue weighted by Gasteiger charge is 2.23. The Bertz CT molecular complexity index is 381. The topological polar surface area (TPSA) is 62.5 Å². The number of anilines is 1. The van der Waals surface area contributed by atoms with E-state index in [-0.39, 0.29) is 30.7 Å². The number of hydrogen-bond acceptors (Lipinski definition) is 4. The maximum Gasteiger partial charge on any atom is 0.239 e. The molecular weight excluding hydrogens is 287 g/mol. The first-order valence-corrected chi connectivity index (χ1v) is 5.89. The van der Waals surface area contributed by atoms with Crippen LogP contribution in [0, 0.1) is 0 Å². The molecule has 7 heteroatoms. The van der Waals surface area contributed by atoms with Crippen LogP contribution in [0.1, 0.15) is 6.92 Å². The summed E-state index contributed by atoms with van der Waals surface area (Å²) < 4.78 is 0. The number of hydrogen-bond donors (Lipinski definition) is 1. The molecule has 0 aromatic carbocycles. The van der Waals surface area contributed by atoms with Gasteiger partial charge in [0.2, 0.25) is 5.91 Å². The second kappa shape index (κ2) is 8.19. The van der Waals surface area contributed by atoms with Gasteiger partial charge in [0.25, 0.3) is 0 Å². The Kier molecular flexibility index (Phi) is 7.75. The number of nitrogens with two attached hydrogens (primary N) is 1. The Labute approximate surface area is 126 Å². The van der Waals surface area contributed by atoms with Crippen LogP contribution in [0.25, 0.3) is 0 Å². The van der Waals surface area contributed by atoms with E-state index >= 15 is 0 Å². The molecule has 1 amide bonds. The van der Waals surface area contributed by atoms with Crippen LogP contribution < -0.4 is 10.6 Å². The fourth-order valence-electron chi connectivity index (χ4n) is 1.98. The lowest BCUT2D eigenvalue weighted by molar-refractivity contribution is -0.132. The fraction of sp³-hybridized carbons (Fsp3) is 0.500. The Morgan fingerprint density at radius 3 is 2.37 bits per heavy atom. The van der Waals surface area contributed by atoms with Gasteiger partial charge in [0, 0.05) is 32.4 Å². The maximum absolute atomic E-state index is 11.7. The minimum absolute atomic E-state index is 0. The van der Waals surface area contributed by atoms with Gasteiger partial charge in [-0.3, -0.25) is 4.79 Å². The zero-order chi connectivity index (χ0) is 12.3. The molecule has 0 bridgehead atoms. The SMILES string of the molecule is C[C@@H](N)C(=O)N1CCN(c2ccccn2)CC1.Cl.Cl. The second-order valence-corrected chi connectivity index (χ2v) is 4.29. The summed E-state index contributed by atoms with van der Waals surface area (Å²) in [7, 11) is 0. The van der Waals surface area contributed by atoms with E-state index in [1.54, 1.807) is 13.1 Å². The van der Waals surface area contributed by atoms with Gasteiger partial charge in [-0.2, -0.15) is 0 Å². The van der Waals surface area contributed by atoms with Gasteiger partial charge in [0.05, 0.1) is 6.04 Å². The van der Waals surface area contributed by atoms with E-state index in [9.17, 15) is 4.79 Å². The van der Waals surface area contributed by atoms with Gasteiger partial charge in [0.15, 0.2) is 0 Å². The highest BCUT2D eigenvalue weighted by atomic mass is 35.5. The van der Waals surface area contributed by atoms with Crippen LogP contribution in [0.15, 0.2) is 24.4 Å². The predicted octanol–water partition coefficient (Wildman–Crippen LogP) is 0.921. The van der Waals surface area contributed by atoms with E-state index in [0.29, 0.717) is 0 Å². The second-order valence-electron chi connectivity index (χ2n) is 4.29. The third-order valence-corrected chi connectivity index (χ3v) is 2.95. The molecule has 1 saturated heterocycles. The van der Waals surface area contributed by atoms with Crippen LogP contribution in [0.3, 0.4) is 0 Å². The molecule has 0 unspecified atom stereocenters. The number of aromatic nitrogens is 1. The molecule has 108 valence electrons. The standard InChI is InChI=1S/C12H18N4O.2ClH/c1-10(13)12(17)16-8-6-15(7-9-16)11-4-2-3-5-14-11;;/h2-5,10H,6-9,13H2,1H3;2*1H/t10-;;/m1../s1. The number of carbonyl (C=O) groups excluding carboxylic acids is 1. The summed E-state index contributed by atoms with van der Waals surface area (Å²) in [6.07, 6.45) is 1.79. The molecule has 1 atom stereocenters. The number of amides is 1. The van der Waals surface area contributed by atoms with Crippen molar-refractivity contribution in [1.82, 2.24) is 9.88 Å². The minimum Gasteiger partial charge on any atom is -0.353 e. The first kappa shape index (κ1) is 18.0. The summed E-state index contributed by atoms with van der Waals surface area (Å²) in [6, 6.07) is 5.46. The van der Waals surface area contributed by atoms with E-state index < -0.39 is 6.04 Å². The van der Waals surface area contributed by atoms with Crippen molar-refractivity contribution in [3.05, 3.63) is 24.4 Å². The van der Waals surface area contributed by atoms with Gasteiger partial charge < -0.3 is 15.5 Å². The molecule has 0 spiro atoms. The summed E-state index contributed by atoms with van der Waals surface area (Å²) in [4.78, 5) is 20.0. The van der Waals surface area contributed by atoms with Crippen molar-refractivity contribution in [2.75, 3.05) is 31.1 Å². The van der Waals surface area contributed by atoms with Crippen molar-refractivity contribution >= 4 is 36.5 Å². The average molecular weight is 307 g/mol. The Hall–Kier alpha value is -1.04. The van der Waals surface area contributed by atoms with Crippen molar-refractivity contribution in [1.29, 1.82) is 0 Å². The van der Waals surface area contributed by atoms with Crippen molar-refractivity contribution in [3.8, 4) is 0 Å². The van der Waals surface area contributed by atoms with Crippen LogP contribution in [-0.4, -0.2) is 48.0 Å². The van der Waals surface area contributed by atoms with E-state index in [2.05, 4.69) is 9.88 Å². The van der Waals surface area contributed by atoms with Crippen LogP contribution in [0.5, 0.6) is 0 Å². The van der Waals surface area contributed by atoms with Crippen LogP contribution in [0.4, 0.5) is 5.82 Å². The minimum atomic E-state index is -0.406. The number of piperazine rings is 1. The fourth-order valence-corrected chi connectivity index (χ4v) is 1.98. The summed E-state index contributed by atoms with van der Waals surface area (Å²) in [5, 5.41) is 0. The zero-order valence-corrected chi connectivity index (χ0v) is 12.5. The lowest BCUT2D eigenvalue weighted by Crippen LogP contribution is -2.52. The number of pyridine rings is 1. The highest BCUT2D eigenvalue weighted by molar-refractivity contribution is 5.85. The number of rotatable bonds is 2. The first-order chi connectivity index (χ1) is 8.18. The first-order valence-electron chi connectivity index (χ1n) is 5.89. The van der Waals surface area contributed by atoms with Crippen molar-refractivity contribution < 1.29 is 4.79 Å². The van der Waals surface area contributed by atoms with Gasteiger partial charge in [-0.05, 0) is 19.1 Å². The molecule has 5 nitrogen and oxygen atoms in total. The van der Waals surface area contributed by atoms with Crippen molar-refractivity contribution in [2.45, 2.75) is 13.0 Å². The molecule has 1 fully saturated rings. The predicted molar refractivity (Wildman–Crippen MR) is 81.2 cm³/mol. The van der Waals surface area contributed by atoms with Gasteiger partial charge in [-0.1, -0.05) is 6.07 Å². The van der Waals surface area contributed by atoms with Crippen LogP contribution in [-0.2, 0) is 4.79 Å². The van der Waals surface area contributed by atoms with E-state index in [1.165, 1.54) is 0 Å². The molecule has 2 rings (SSSR count). The molecule has 2 heterocycles. The molecular formula is C12H20Cl2N4O. The quantitative estimate of drug-likeness (QED) is 0.882. The lowest BCUT2D eigenvalue weighted by atomic mass is 10.2. The van der Waals surface area contributed by atoms with E-state index in [1.807, 2.05) is 23.1 Å². The molecule has 1 aliphatic rings. The Morgan fingerprint density at radius 2 is 1.89 bits per heavy atom. The monoisotopic (exact) mass is 306 g/mol. The van der Waals surface area contributed by atoms with Crippen molar-refractivity contribution in [2.24, 2.45) is 5.73 Å². The molecule has 0 aliphatic carbocycles. The maximum atomic E-state index is 11.7. The van der Waals surface area contributed by atoms with E-state index in [0.717, 1.165) is 32.0 Å². The molecule has 2 N–H and O–H groups in total. The van der Waals surface area contributed by atoms with Crippen molar-refractivity contribution in [3.63, 3.8) is 0 Å². The van der Waals surface area contributed by atoms with Crippen LogP contribution >= 0.6 is 24.8 Å². The van der Waals surface area contributed by atoms with Gasteiger partial charge in [0.1, 0.15) is 5.82 Å². The smallest absolute Gasteiger partial charge is 0.239 e. The van der Waals surface area contributed by atoms with Gasteiger partial charge >= 0.3 is 0 Å². The largest absolute Gasteiger partial charge is 0.353 e. The summed E-state index contributed by atoms with van der Waals surface area (Å²) in [5.41, 5.74) is 5.60. The van der Waals surface area contributed by atoms with Gasteiger partial charge in [-0.15, -0.1) is 24.8 Å². The zero-order valence-electron chi connectivity index (χ0n) is 10.9. The summed E-state index contributed by atoms with van der Waals surface area (Å²) in [6.45, 7) is 4.80. The highest BCUT2D eigenvalue weighted by Crippen LogP contribution is 2.12. The number of halogens is 2.